The van der Waals surface area contributed by atoms with Gasteiger partial charge in [-0.25, -0.2) is 4.79 Å². The minimum Gasteiger partial charge on any atom is -0.478 e. The number of carboxylic acids is 1. The molecular weight excluding hydrogens is 296 g/mol. The van der Waals surface area contributed by atoms with Crippen molar-refractivity contribution in [3.05, 3.63) is 62.7 Å². The molecule has 0 aliphatic rings. The quantitative estimate of drug-likeness (QED) is 0.658. The van der Waals surface area contributed by atoms with Crippen molar-refractivity contribution in [2.45, 2.75) is 6.92 Å². The van der Waals surface area contributed by atoms with Gasteiger partial charge in [-0.3, -0.25) is 10.1 Å². The van der Waals surface area contributed by atoms with Crippen molar-refractivity contribution in [3.8, 4) is 0 Å². The lowest BCUT2D eigenvalue weighted by Gasteiger charge is -2.09. The molecule has 2 aromatic rings. The van der Waals surface area contributed by atoms with Gasteiger partial charge >= 0.3 is 11.7 Å². The Hall–Kier alpha value is -2.60. The summed E-state index contributed by atoms with van der Waals surface area (Å²) in [5.74, 6) is -1.02. The third-order valence-electron chi connectivity index (χ3n) is 2.91. The SMILES string of the molecule is Cc1cc(Nc2cccc(Cl)c2[N+](=O)[O-])ccc1C(=O)O. The molecule has 0 bridgehead atoms. The zero-order chi connectivity index (χ0) is 15.6. The van der Waals surface area contributed by atoms with E-state index in [4.69, 9.17) is 16.7 Å². The van der Waals surface area contributed by atoms with Gasteiger partial charge in [0.1, 0.15) is 10.7 Å². The predicted molar refractivity (Wildman–Crippen MR) is 79.5 cm³/mol. The maximum atomic E-state index is 11.0. The van der Waals surface area contributed by atoms with Crippen LogP contribution < -0.4 is 5.32 Å². The predicted octanol–water partition coefficient (Wildman–Crippen LogP) is 4.00. The number of aryl methyl sites for hydroxylation is 1. The van der Waals surface area contributed by atoms with Gasteiger partial charge in [0.05, 0.1) is 10.5 Å². The Morgan fingerprint density at radius 1 is 1.33 bits per heavy atom. The van der Waals surface area contributed by atoms with Gasteiger partial charge in [0.15, 0.2) is 0 Å². The first-order chi connectivity index (χ1) is 9.90. The van der Waals surface area contributed by atoms with E-state index in [0.29, 0.717) is 11.3 Å². The number of carbonyl (C=O) groups is 1. The number of hydrogen-bond donors (Lipinski definition) is 2. The van der Waals surface area contributed by atoms with E-state index in [1.165, 1.54) is 18.2 Å². The van der Waals surface area contributed by atoms with Gasteiger partial charge < -0.3 is 10.4 Å². The summed E-state index contributed by atoms with van der Waals surface area (Å²) in [4.78, 5) is 21.4. The van der Waals surface area contributed by atoms with E-state index in [9.17, 15) is 14.9 Å². The Kier molecular flexibility index (Phi) is 4.09. The monoisotopic (exact) mass is 306 g/mol. The van der Waals surface area contributed by atoms with E-state index in [0.717, 1.165) is 0 Å². The zero-order valence-corrected chi connectivity index (χ0v) is 11.7. The van der Waals surface area contributed by atoms with Crippen LogP contribution in [0, 0.1) is 17.0 Å². The van der Waals surface area contributed by atoms with Crippen LogP contribution in [0.25, 0.3) is 0 Å². The van der Waals surface area contributed by atoms with Gasteiger partial charge in [-0.1, -0.05) is 17.7 Å². The third-order valence-corrected chi connectivity index (χ3v) is 3.21. The van der Waals surface area contributed by atoms with Gasteiger partial charge in [-0.2, -0.15) is 0 Å². The van der Waals surface area contributed by atoms with Gasteiger partial charge in [-0.15, -0.1) is 0 Å². The number of rotatable bonds is 4. The molecule has 0 aliphatic heterocycles. The van der Waals surface area contributed by atoms with E-state index < -0.39 is 10.9 Å². The molecule has 0 spiro atoms. The summed E-state index contributed by atoms with van der Waals surface area (Å²) < 4.78 is 0. The number of nitrogens with zero attached hydrogens (tertiary/aromatic N) is 1. The molecule has 21 heavy (non-hydrogen) atoms. The molecule has 6 nitrogen and oxygen atoms in total. The summed E-state index contributed by atoms with van der Waals surface area (Å²) in [5, 5.41) is 22.9. The molecule has 2 rings (SSSR count). The molecule has 0 atom stereocenters. The molecule has 0 unspecified atom stereocenters. The third kappa shape index (κ3) is 3.11. The summed E-state index contributed by atoms with van der Waals surface area (Å²) in [6, 6.07) is 9.15. The highest BCUT2D eigenvalue weighted by atomic mass is 35.5. The lowest BCUT2D eigenvalue weighted by atomic mass is 10.1. The van der Waals surface area contributed by atoms with Crippen molar-refractivity contribution >= 4 is 34.6 Å². The van der Waals surface area contributed by atoms with Crippen molar-refractivity contribution in [2.24, 2.45) is 0 Å². The lowest BCUT2D eigenvalue weighted by molar-refractivity contribution is -0.383. The molecule has 7 heteroatoms. The van der Waals surface area contributed by atoms with Crippen molar-refractivity contribution < 1.29 is 14.8 Å². The second-order valence-electron chi connectivity index (χ2n) is 4.35. The average molecular weight is 307 g/mol. The first-order valence-corrected chi connectivity index (χ1v) is 6.32. The highest BCUT2D eigenvalue weighted by Gasteiger charge is 2.18. The summed E-state index contributed by atoms with van der Waals surface area (Å²) in [5.41, 5.74) is 1.30. The number of nitro groups is 1. The van der Waals surface area contributed by atoms with Crippen LogP contribution in [0.3, 0.4) is 0 Å². The highest BCUT2D eigenvalue weighted by molar-refractivity contribution is 6.33. The van der Waals surface area contributed by atoms with Crippen molar-refractivity contribution in [2.75, 3.05) is 5.32 Å². The number of para-hydroxylation sites is 1. The van der Waals surface area contributed by atoms with Gasteiger partial charge in [-0.05, 0) is 42.8 Å². The van der Waals surface area contributed by atoms with Gasteiger partial charge in [0.25, 0.3) is 0 Å². The van der Waals surface area contributed by atoms with E-state index in [1.807, 2.05) is 0 Å². The van der Waals surface area contributed by atoms with Crippen LogP contribution >= 0.6 is 11.6 Å². The van der Waals surface area contributed by atoms with Crippen LogP contribution in [0.2, 0.25) is 5.02 Å². The fourth-order valence-electron chi connectivity index (χ4n) is 1.94. The van der Waals surface area contributed by atoms with E-state index >= 15 is 0 Å². The minimum atomic E-state index is -1.02. The number of benzene rings is 2. The van der Waals surface area contributed by atoms with Crippen molar-refractivity contribution in [1.82, 2.24) is 0 Å². The summed E-state index contributed by atoms with van der Waals surface area (Å²) in [7, 11) is 0. The Morgan fingerprint density at radius 3 is 2.62 bits per heavy atom. The van der Waals surface area contributed by atoms with Crippen molar-refractivity contribution in [3.63, 3.8) is 0 Å². The topological polar surface area (TPSA) is 92.5 Å². The van der Waals surface area contributed by atoms with Crippen LogP contribution in [-0.2, 0) is 0 Å². The normalized spacial score (nSPS) is 10.2. The molecule has 0 saturated heterocycles. The van der Waals surface area contributed by atoms with Gasteiger partial charge in [0.2, 0.25) is 0 Å². The molecule has 0 saturated carbocycles. The standard InChI is InChI=1S/C14H11ClN2O4/c1-8-7-9(5-6-10(8)14(18)19)16-12-4-2-3-11(15)13(12)17(20)21/h2-7,16H,1H3,(H,18,19). The molecule has 2 aromatic carbocycles. The van der Waals surface area contributed by atoms with E-state index in [2.05, 4.69) is 5.32 Å². The highest BCUT2D eigenvalue weighted by Crippen LogP contribution is 2.34. The number of halogens is 1. The Balaban J connectivity index is 2.39. The molecule has 2 N–H and O–H groups in total. The van der Waals surface area contributed by atoms with Crippen LogP contribution in [-0.4, -0.2) is 16.0 Å². The molecule has 0 aromatic heterocycles. The van der Waals surface area contributed by atoms with Gasteiger partial charge in [0, 0.05) is 5.69 Å². The largest absolute Gasteiger partial charge is 0.478 e. The summed E-state index contributed by atoms with van der Waals surface area (Å²) >= 11 is 5.83. The first kappa shape index (κ1) is 14.8. The molecule has 0 fully saturated rings. The molecule has 0 heterocycles. The summed E-state index contributed by atoms with van der Waals surface area (Å²) in [6.07, 6.45) is 0. The molecule has 108 valence electrons. The van der Waals surface area contributed by atoms with Crippen molar-refractivity contribution in [1.29, 1.82) is 0 Å². The van der Waals surface area contributed by atoms with Crippen LogP contribution in [0.15, 0.2) is 36.4 Å². The first-order valence-electron chi connectivity index (χ1n) is 5.94. The Morgan fingerprint density at radius 2 is 2.05 bits per heavy atom. The zero-order valence-electron chi connectivity index (χ0n) is 11.0. The number of hydrogen-bond acceptors (Lipinski definition) is 4. The van der Waals surface area contributed by atoms with Crippen LogP contribution in [0.5, 0.6) is 0 Å². The average Bonchev–Trinajstić information content (AvgIpc) is 2.37. The lowest BCUT2D eigenvalue weighted by Crippen LogP contribution is -2.01. The molecule has 0 aliphatic carbocycles. The maximum Gasteiger partial charge on any atom is 0.335 e. The second kappa shape index (κ2) is 5.80. The number of carboxylic acid groups (broad SMARTS) is 1. The fourth-order valence-corrected chi connectivity index (χ4v) is 2.18. The Bertz CT molecular complexity index is 731. The van der Waals surface area contributed by atoms with E-state index in [-0.39, 0.29) is 22.0 Å². The number of anilines is 2. The molecular formula is C14H11ClN2O4. The Labute approximate surface area is 125 Å². The molecule has 0 amide bonds. The maximum absolute atomic E-state index is 11.0. The minimum absolute atomic E-state index is 0.0314. The molecule has 0 radical (unpaired) electrons. The number of nitro benzene ring substituents is 1. The second-order valence-corrected chi connectivity index (χ2v) is 4.76. The van der Waals surface area contributed by atoms with Crippen LogP contribution in [0.1, 0.15) is 15.9 Å². The van der Waals surface area contributed by atoms with Crippen LogP contribution in [0.4, 0.5) is 17.1 Å². The fraction of sp³-hybridized carbons (Fsp3) is 0.0714. The smallest absolute Gasteiger partial charge is 0.335 e. The van der Waals surface area contributed by atoms with E-state index in [1.54, 1.807) is 25.1 Å². The summed E-state index contributed by atoms with van der Waals surface area (Å²) in [6.45, 7) is 1.65. The number of aromatic carboxylic acids is 1. The number of nitrogens with one attached hydrogen (secondary N) is 1.